The maximum atomic E-state index is 11.8. The molecule has 104 valence electrons. The van der Waals surface area contributed by atoms with Gasteiger partial charge in [-0.15, -0.1) is 11.8 Å². The van der Waals surface area contributed by atoms with Gasteiger partial charge in [0.1, 0.15) is 0 Å². The Labute approximate surface area is 119 Å². The van der Waals surface area contributed by atoms with E-state index in [4.69, 9.17) is 0 Å². The van der Waals surface area contributed by atoms with E-state index in [0.717, 1.165) is 25.1 Å². The van der Waals surface area contributed by atoms with E-state index in [1.807, 2.05) is 0 Å². The lowest BCUT2D eigenvalue weighted by molar-refractivity contribution is -0.121. The molecule has 0 radical (unpaired) electrons. The highest BCUT2D eigenvalue weighted by atomic mass is 32.2. The Morgan fingerprint density at radius 3 is 2.84 bits per heavy atom. The molecule has 0 saturated carbocycles. The predicted octanol–water partition coefficient (Wildman–Crippen LogP) is 2.41. The van der Waals surface area contributed by atoms with Crippen molar-refractivity contribution in [2.75, 3.05) is 19.3 Å². The van der Waals surface area contributed by atoms with Gasteiger partial charge in [-0.1, -0.05) is 12.1 Å². The number of thioether (sulfide) groups is 1. The minimum Gasteiger partial charge on any atom is -0.352 e. The van der Waals surface area contributed by atoms with E-state index in [1.54, 1.807) is 11.8 Å². The van der Waals surface area contributed by atoms with Crippen molar-refractivity contribution in [2.45, 2.75) is 30.7 Å². The summed E-state index contributed by atoms with van der Waals surface area (Å²) in [6.07, 6.45) is 4.93. The van der Waals surface area contributed by atoms with E-state index in [1.165, 1.54) is 11.3 Å². The van der Waals surface area contributed by atoms with E-state index in [2.05, 4.69) is 41.2 Å². The average molecular weight is 278 g/mol. The third-order valence-corrected chi connectivity index (χ3v) is 4.33. The molecule has 0 aliphatic carbocycles. The Hall–Kier alpha value is -1.00. The molecule has 1 atom stereocenters. The normalized spacial score (nSPS) is 18.5. The average Bonchev–Trinajstić information content (AvgIpc) is 2.96. The second kappa shape index (κ2) is 7.56. The lowest BCUT2D eigenvalue weighted by atomic mass is 10.0. The number of hydrogen-bond donors (Lipinski definition) is 2. The molecule has 1 fully saturated rings. The zero-order chi connectivity index (χ0) is 13.5. The van der Waals surface area contributed by atoms with Crippen LogP contribution in [0.4, 0.5) is 0 Å². The maximum absolute atomic E-state index is 11.8. The zero-order valence-corrected chi connectivity index (χ0v) is 12.3. The zero-order valence-electron chi connectivity index (χ0n) is 11.4. The van der Waals surface area contributed by atoms with Crippen LogP contribution in [0.3, 0.4) is 0 Å². The fourth-order valence-electron chi connectivity index (χ4n) is 2.33. The molecule has 1 heterocycles. The molecule has 1 aromatic carbocycles. The van der Waals surface area contributed by atoms with Gasteiger partial charge >= 0.3 is 0 Å². The van der Waals surface area contributed by atoms with E-state index < -0.39 is 0 Å². The molecule has 1 unspecified atom stereocenters. The van der Waals surface area contributed by atoms with Gasteiger partial charge in [-0.25, -0.2) is 0 Å². The van der Waals surface area contributed by atoms with Gasteiger partial charge in [0.25, 0.3) is 0 Å². The van der Waals surface area contributed by atoms with Gasteiger partial charge < -0.3 is 10.6 Å². The Morgan fingerprint density at radius 2 is 2.21 bits per heavy atom. The topological polar surface area (TPSA) is 41.1 Å². The van der Waals surface area contributed by atoms with Gasteiger partial charge in [-0.05, 0) is 55.8 Å². The molecule has 1 aromatic rings. The first-order valence-corrected chi connectivity index (χ1v) is 8.11. The Kier molecular flexibility index (Phi) is 5.73. The largest absolute Gasteiger partial charge is 0.352 e. The molecule has 1 amide bonds. The molecule has 4 heteroatoms. The summed E-state index contributed by atoms with van der Waals surface area (Å²) in [5.41, 5.74) is 1.16. The summed E-state index contributed by atoms with van der Waals surface area (Å²) in [7, 11) is 0. The fraction of sp³-hybridized carbons (Fsp3) is 0.533. The number of hydrogen-bond acceptors (Lipinski definition) is 3. The molecule has 1 saturated heterocycles. The van der Waals surface area contributed by atoms with Crippen molar-refractivity contribution in [3.63, 3.8) is 0 Å². The highest BCUT2D eigenvalue weighted by Crippen LogP contribution is 2.15. The van der Waals surface area contributed by atoms with E-state index in [0.29, 0.717) is 18.9 Å². The van der Waals surface area contributed by atoms with Gasteiger partial charge in [0.15, 0.2) is 0 Å². The second-order valence-corrected chi connectivity index (χ2v) is 5.90. The highest BCUT2D eigenvalue weighted by Gasteiger charge is 2.15. The first-order valence-electron chi connectivity index (χ1n) is 6.88. The molecule has 1 aliphatic heterocycles. The maximum Gasteiger partial charge on any atom is 0.220 e. The Balaban J connectivity index is 1.67. The van der Waals surface area contributed by atoms with E-state index >= 15 is 0 Å². The molecule has 2 N–H and O–H groups in total. The lowest BCUT2D eigenvalue weighted by Gasteiger charge is -2.09. The van der Waals surface area contributed by atoms with Crippen LogP contribution in [0.15, 0.2) is 29.2 Å². The summed E-state index contributed by atoms with van der Waals surface area (Å²) in [4.78, 5) is 13.0. The molecule has 1 aliphatic rings. The van der Waals surface area contributed by atoms with Crippen molar-refractivity contribution >= 4 is 17.7 Å². The van der Waals surface area contributed by atoms with Gasteiger partial charge in [0.05, 0.1) is 0 Å². The van der Waals surface area contributed by atoms with Crippen LogP contribution in [0, 0.1) is 5.92 Å². The number of nitrogens with one attached hydrogen (secondary N) is 2. The van der Waals surface area contributed by atoms with E-state index in [-0.39, 0.29) is 5.91 Å². The van der Waals surface area contributed by atoms with Crippen molar-refractivity contribution in [1.82, 2.24) is 10.6 Å². The first-order chi connectivity index (χ1) is 9.28. The summed E-state index contributed by atoms with van der Waals surface area (Å²) >= 11 is 1.73. The number of rotatable bonds is 6. The molecular weight excluding hydrogens is 256 g/mol. The smallest absolute Gasteiger partial charge is 0.220 e. The minimum atomic E-state index is 0.167. The van der Waals surface area contributed by atoms with Crippen molar-refractivity contribution < 1.29 is 4.79 Å². The number of carbonyl (C=O) groups is 1. The fourth-order valence-corrected chi connectivity index (χ4v) is 2.74. The van der Waals surface area contributed by atoms with Gasteiger partial charge in [0, 0.05) is 17.9 Å². The molecule has 0 bridgehead atoms. The van der Waals surface area contributed by atoms with Crippen LogP contribution in [0.2, 0.25) is 0 Å². The molecule has 3 nitrogen and oxygen atoms in total. The van der Waals surface area contributed by atoms with Crippen LogP contribution in [0.5, 0.6) is 0 Å². The number of benzene rings is 1. The van der Waals surface area contributed by atoms with Gasteiger partial charge in [0.2, 0.25) is 5.91 Å². The molecule has 2 rings (SSSR count). The molecule has 0 aromatic heterocycles. The van der Waals surface area contributed by atoms with Gasteiger partial charge in [-0.3, -0.25) is 4.79 Å². The lowest BCUT2D eigenvalue weighted by Crippen LogP contribution is -2.23. The predicted molar refractivity (Wildman–Crippen MR) is 80.3 cm³/mol. The second-order valence-electron chi connectivity index (χ2n) is 5.02. The van der Waals surface area contributed by atoms with Crippen LogP contribution < -0.4 is 10.6 Å². The Morgan fingerprint density at radius 1 is 1.42 bits per heavy atom. The summed E-state index contributed by atoms with van der Waals surface area (Å²) in [5.74, 6) is 0.854. The number of amides is 1. The SMILES string of the molecule is CSc1ccc(CNC(=O)CCC2CCNC2)cc1. The van der Waals surface area contributed by atoms with Crippen LogP contribution in [0.25, 0.3) is 0 Å². The van der Waals surface area contributed by atoms with Crippen molar-refractivity contribution in [1.29, 1.82) is 0 Å². The minimum absolute atomic E-state index is 0.167. The van der Waals surface area contributed by atoms with Gasteiger partial charge in [-0.2, -0.15) is 0 Å². The Bertz CT molecular complexity index is 399. The summed E-state index contributed by atoms with van der Waals surface area (Å²) in [5, 5.41) is 6.33. The monoisotopic (exact) mass is 278 g/mol. The summed E-state index contributed by atoms with van der Waals surface area (Å²) in [6, 6.07) is 8.34. The standard InChI is InChI=1S/C15H22N2OS/c1-19-14-5-2-12(3-6-14)11-17-15(18)7-4-13-8-9-16-10-13/h2-3,5-6,13,16H,4,7-11H2,1H3,(H,17,18). The highest BCUT2D eigenvalue weighted by molar-refractivity contribution is 7.98. The summed E-state index contributed by atoms with van der Waals surface area (Å²) in [6.45, 7) is 2.81. The van der Waals surface area contributed by atoms with Crippen LogP contribution in [0.1, 0.15) is 24.8 Å². The number of carbonyl (C=O) groups excluding carboxylic acids is 1. The van der Waals surface area contributed by atoms with E-state index in [9.17, 15) is 4.79 Å². The van der Waals surface area contributed by atoms with Crippen molar-refractivity contribution in [3.05, 3.63) is 29.8 Å². The molecule has 19 heavy (non-hydrogen) atoms. The summed E-state index contributed by atoms with van der Waals surface area (Å²) < 4.78 is 0. The van der Waals surface area contributed by atoms with Crippen molar-refractivity contribution in [2.24, 2.45) is 5.92 Å². The first kappa shape index (κ1) is 14.4. The third kappa shape index (κ3) is 4.88. The van der Waals surface area contributed by atoms with Crippen LogP contribution in [-0.2, 0) is 11.3 Å². The van der Waals surface area contributed by atoms with Crippen molar-refractivity contribution in [3.8, 4) is 0 Å². The van der Waals surface area contributed by atoms with Crippen LogP contribution >= 0.6 is 11.8 Å². The third-order valence-electron chi connectivity index (χ3n) is 3.59. The van der Waals surface area contributed by atoms with Crippen LogP contribution in [-0.4, -0.2) is 25.3 Å². The molecular formula is C15H22N2OS. The quantitative estimate of drug-likeness (QED) is 0.785. The molecule has 0 spiro atoms.